The fourth-order valence-corrected chi connectivity index (χ4v) is 4.73. The van der Waals surface area contributed by atoms with Gasteiger partial charge in [-0.1, -0.05) is 32.0 Å². The number of halogens is 2. The van der Waals surface area contributed by atoms with Crippen LogP contribution in [0.2, 0.25) is 0 Å². The number of benzene rings is 3. The summed E-state index contributed by atoms with van der Waals surface area (Å²) in [6.07, 6.45) is 0. The van der Waals surface area contributed by atoms with Gasteiger partial charge in [-0.15, -0.1) is 0 Å². The van der Waals surface area contributed by atoms with Crippen molar-refractivity contribution in [2.75, 3.05) is 16.2 Å². The molecule has 168 valence electrons. The van der Waals surface area contributed by atoms with Crippen molar-refractivity contribution in [2.45, 2.75) is 31.6 Å². The Bertz CT molecular complexity index is 1210. The number of rotatable bonds is 7. The van der Waals surface area contributed by atoms with Gasteiger partial charge < -0.3 is 5.32 Å². The van der Waals surface area contributed by atoms with E-state index in [9.17, 15) is 22.0 Å². The highest BCUT2D eigenvalue weighted by Gasteiger charge is 2.28. The van der Waals surface area contributed by atoms with Gasteiger partial charge in [-0.2, -0.15) is 0 Å². The van der Waals surface area contributed by atoms with Gasteiger partial charge in [0.25, 0.3) is 10.0 Å². The van der Waals surface area contributed by atoms with E-state index in [1.165, 1.54) is 12.1 Å². The maximum atomic E-state index is 13.4. The van der Waals surface area contributed by atoms with E-state index < -0.39 is 34.1 Å². The van der Waals surface area contributed by atoms with E-state index in [2.05, 4.69) is 5.32 Å². The van der Waals surface area contributed by atoms with Gasteiger partial charge in [0.2, 0.25) is 5.91 Å². The van der Waals surface area contributed by atoms with Gasteiger partial charge in [0.15, 0.2) is 0 Å². The highest BCUT2D eigenvalue weighted by molar-refractivity contribution is 7.92. The number of hydrogen-bond donors (Lipinski definition) is 1. The Morgan fingerprint density at radius 2 is 1.50 bits per heavy atom. The predicted octanol–water partition coefficient (Wildman–Crippen LogP) is 5.23. The lowest BCUT2D eigenvalue weighted by Crippen LogP contribution is -2.38. The second-order valence-corrected chi connectivity index (χ2v) is 9.55. The van der Waals surface area contributed by atoms with Crippen molar-refractivity contribution < 1.29 is 22.0 Å². The third-order valence-electron chi connectivity index (χ3n) is 4.99. The van der Waals surface area contributed by atoms with Crippen molar-refractivity contribution in [1.82, 2.24) is 0 Å². The molecule has 0 radical (unpaired) electrons. The molecule has 0 atom stereocenters. The monoisotopic (exact) mass is 458 g/mol. The van der Waals surface area contributed by atoms with Crippen LogP contribution in [-0.2, 0) is 14.8 Å². The standard InChI is InChI=1S/C24H24F2N2O3S/c1-16(2)22-6-4-5-17(3)24(22)27-23(29)15-28(20-11-7-18(25)8-12-20)32(30,31)21-13-9-19(26)10-14-21/h4-14,16H,15H2,1-3H3,(H,27,29). The van der Waals surface area contributed by atoms with Crippen LogP contribution in [-0.4, -0.2) is 20.9 Å². The lowest BCUT2D eigenvalue weighted by molar-refractivity contribution is -0.114. The van der Waals surface area contributed by atoms with Gasteiger partial charge in [0.1, 0.15) is 18.2 Å². The molecule has 8 heteroatoms. The number of hydrogen-bond acceptors (Lipinski definition) is 3. The summed E-state index contributed by atoms with van der Waals surface area (Å²) in [6, 6.07) is 14.7. The van der Waals surface area contributed by atoms with Crippen LogP contribution in [0.5, 0.6) is 0 Å². The summed E-state index contributed by atoms with van der Waals surface area (Å²) in [5.74, 6) is -1.55. The summed E-state index contributed by atoms with van der Waals surface area (Å²) in [5, 5.41) is 2.83. The zero-order valence-corrected chi connectivity index (χ0v) is 18.8. The van der Waals surface area contributed by atoms with Crippen LogP contribution in [0.25, 0.3) is 0 Å². The summed E-state index contributed by atoms with van der Waals surface area (Å²) in [4.78, 5) is 12.8. The normalized spacial score (nSPS) is 11.4. The lowest BCUT2D eigenvalue weighted by Gasteiger charge is -2.25. The number of para-hydroxylation sites is 1. The van der Waals surface area contributed by atoms with Crippen LogP contribution in [0, 0.1) is 18.6 Å². The van der Waals surface area contributed by atoms with Gasteiger partial charge in [-0.3, -0.25) is 9.10 Å². The molecule has 0 unspecified atom stereocenters. The van der Waals surface area contributed by atoms with Crippen molar-refractivity contribution in [2.24, 2.45) is 0 Å². The summed E-state index contributed by atoms with van der Waals surface area (Å²) < 4.78 is 54.2. The van der Waals surface area contributed by atoms with Crippen molar-refractivity contribution in [3.63, 3.8) is 0 Å². The number of amides is 1. The number of anilines is 2. The van der Waals surface area contributed by atoms with E-state index in [1.54, 1.807) is 0 Å². The topological polar surface area (TPSA) is 66.5 Å². The second kappa shape index (κ2) is 9.48. The Morgan fingerprint density at radius 1 is 0.938 bits per heavy atom. The Hall–Kier alpha value is -3.26. The number of nitrogens with one attached hydrogen (secondary N) is 1. The molecule has 0 aliphatic carbocycles. The summed E-state index contributed by atoms with van der Waals surface area (Å²) in [5.41, 5.74) is 2.51. The Labute approximate surface area is 186 Å². The van der Waals surface area contributed by atoms with E-state index in [4.69, 9.17) is 0 Å². The minimum Gasteiger partial charge on any atom is -0.324 e. The maximum Gasteiger partial charge on any atom is 0.264 e. The number of aryl methyl sites for hydroxylation is 1. The highest BCUT2D eigenvalue weighted by atomic mass is 32.2. The zero-order chi connectivity index (χ0) is 23.5. The second-order valence-electron chi connectivity index (χ2n) is 7.68. The zero-order valence-electron chi connectivity index (χ0n) is 18.0. The molecule has 0 aliphatic heterocycles. The van der Waals surface area contributed by atoms with Crippen LogP contribution in [0.15, 0.2) is 71.6 Å². The molecule has 3 aromatic rings. The lowest BCUT2D eigenvalue weighted by atomic mass is 9.98. The third-order valence-corrected chi connectivity index (χ3v) is 6.78. The highest BCUT2D eigenvalue weighted by Crippen LogP contribution is 2.28. The van der Waals surface area contributed by atoms with E-state index in [-0.39, 0.29) is 16.5 Å². The smallest absolute Gasteiger partial charge is 0.264 e. The van der Waals surface area contributed by atoms with Crippen molar-refractivity contribution in [3.05, 3.63) is 89.5 Å². The van der Waals surface area contributed by atoms with E-state index in [1.807, 2.05) is 39.0 Å². The van der Waals surface area contributed by atoms with E-state index in [0.29, 0.717) is 5.69 Å². The quantitative estimate of drug-likeness (QED) is 0.527. The predicted molar refractivity (Wildman–Crippen MR) is 121 cm³/mol. The summed E-state index contributed by atoms with van der Waals surface area (Å²) in [7, 11) is -4.22. The number of carbonyl (C=O) groups is 1. The van der Waals surface area contributed by atoms with Crippen molar-refractivity contribution in [3.8, 4) is 0 Å². The van der Waals surface area contributed by atoms with Gasteiger partial charge in [0, 0.05) is 5.69 Å². The molecule has 0 saturated carbocycles. The Balaban J connectivity index is 1.98. The van der Waals surface area contributed by atoms with Gasteiger partial charge >= 0.3 is 0 Å². The molecule has 0 fully saturated rings. The number of carbonyl (C=O) groups excluding carboxylic acids is 1. The summed E-state index contributed by atoms with van der Waals surface area (Å²) in [6.45, 7) is 5.30. The molecule has 0 saturated heterocycles. The average molecular weight is 459 g/mol. The van der Waals surface area contributed by atoms with Crippen LogP contribution < -0.4 is 9.62 Å². The Morgan fingerprint density at radius 3 is 2.06 bits per heavy atom. The van der Waals surface area contributed by atoms with Crippen LogP contribution in [0.1, 0.15) is 30.9 Å². The molecule has 32 heavy (non-hydrogen) atoms. The molecule has 1 N–H and O–H groups in total. The minimum atomic E-state index is -4.22. The van der Waals surface area contributed by atoms with Crippen LogP contribution in [0.3, 0.4) is 0 Å². The number of nitrogens with zero attached hydrogens (tertiary/aromatic N) is 1. The first-order valence-corrected chi connectivity index (χ1v) is 11.5. The van der Waals surface area contributed by atoms with Gasteiger partial charge in [-0.05, 0) is 72.5 Å². The fourth-order valence-electron chi connectivity index (χ4n) is 3.31. The molecule has 3 rings (SSSR count). The molecule has 0 aromatic heterocycles. The van der Waals surface area contributed by atoms with Crippen LogP contribution in [0.4, 0.5) is 20.2 Å². The molecule has 0 bridgehead atoms. The van der Waals surface area contributed by atoms with Gasteiger partial charge in [-0.25, -0.2) is 17.2 Å². The Kier molecular flexibility index (Phi) is 6.93. The van der Waals surface area contributed by atoms with Crippen molar-refractivity contribution >= 4 is 27.3 Å². The van der Waals surface area contributed by atoms with Gasteiger partial charge in [0.05, 0.1) is 10.6 Å². The molecule has 0 spiro atoms. The SMILES string of the molecule is Cc1cccc(C(C)C)c1NC(=O)CN(c1ccc(F)cc1)S(=O)(=O)c1ccc(F)cc1. The maximum absolute atomic E-state index is 13.4. The largest absolute Gasteiger partial charge is 0.324 e. The molecular weight excluding hydrogens is 434 g/mol. The molecule has 3 aromatic carbocycles. The molecule has 0 aliphatic rings. The van der Waals surface area contributed by atoms with Crippen molar-refractivity contribution in [1.29, 1.82) is 0 Å². The average Bonchev–Trinajstić information content (AvgIpc) is 2.74. The van der Waals surface area contributed by atoms with Crippen LogP contribution >= 0.6 is 0 Å². The first-order chi connectivity index (χ1) is 15.1. The molecular formula is C24H24F2N2O3S. The number of sulfonamides is 1. The third kappa shape index (κ3) is 5.13. The first-order valence-electron chi connectivity index (χ1n) is 10.0. The fraction of sp³-hybridized carbons (Fsp3) is 0.208. The van der Waals surface area contributed by atoms with E-state index in [0.717, 1.165) is 51.8 Å². The minimum absolute atomic E-state index is 0.111. The summed E-state index contributed by atoms with van der Waals surface area (Å²) >= 11 is 0. The molecule has 5 nitrogen and oxygen atoms in total. The molecule has 1 amide bonds. The molecule has 0 heterocycles. The van der Waals surface area contributed by atoms with E-state index >= 15 is 0 Å². The first kappa shape index (κ1) is 23.4.